The molecule has 0 atom stereocenters. The Morgan fingerprint density at radius 1 is 1.17 bits per heavy atom. The van der Waals surface area contributed by atoms with Crippen LogP contribution in [0.2, 0.25) is 0 Å². The van der Waals surface area contributed by atoms with Crippen LogP contribution < -0.4 is 0 Å². The lowest BCUT2D eigenvalue weighted by Crippen LogP contribution is -1.78. The number of nitrogens with zero attached hydrogens (tertiary/aromatic N) is 1. The van der Waals surface area contributed by atoms with Crippen LogP contribution in [0.5, 0.6) is 5.75 Å². The van der Waals surface area contributed by atoms with E-state index in [1.54, 1.807) is 24.5 Å². The van der Waals surface area contributed by atoms with Gasteiger partial charge in [-0.25, -0.2) is 4.98 Å². The molecule has 60 valence electrons. The van der Waals surface area contributed by atoms with Crippen LogP contribution in [0.25, 0.3) is 11.4 Å². The number of aromatic nitrogens is 2. The number of benzene rings is 1. The fourth-order valence-corrected chi connectivity index (χ4v) is 1.04. The Balaban J connectivity index is 2.43. The normalized spacial score (nSPS) is 10.0. The fraction of sp³-hybridized carbons (Fsp3) is 0. The summed E-state index contributed by atoms with van der Waals surface area (Å²) in [6, 6.07) is 6.90. The highest BCUT2D eigenvalue weighted by molar-refractivity contribution is 5.55. The molecule has 2 aromatic rings. The number of H-pyrrole nitrogens is 1. The number of rotatable bonds is 1. The van der Waals surface area contributed by atoms with Crippen molar-refractivity contribution < 1.29 is 5.11 Å². The average Bonchev–Trinajstić information content (AvgIpc) is 2.58. The first-order valence-corrected chi connectivity index (χ1v) is 3.65. The summed E-state index contributed by atoms with van der Waals surface area (Å²) >= 11 is 0. The van der Waals surface area contributed by atoms with Crippen molar-refractivity contribution in [2.24, 2.45) is 0 Å². The van der Waals surface area contributed by atoms with Crippen LogP contribution in [-0.2, 0) is 0 Å². The standard InChI is InChI=1S/C9H8N2O/c12-8-3-1-7(2-4-8)9-10-5-6-11-9/h1-6,12H,(H,10,11). The van der Waals surface area contributed by atoms with Gasteiger partial charge < -0.3 is 10.1 Å². The molecule has 0 fully saturated rings. The quantitative estimate of drug-likeness (QED) is 0.668. The predicted molar refractivity (Wildman–Crippen MR) is 45.7 cm³/mol. The van der Waals surface area contributed by atoms with E-state index in [1.165, 1.54) is 0 Å². The number of hydrogen-bond donors (Lipinski definition) is 2. The van der Waals surface area contributed by atoms with Gasteiger partial charge in [0.1, 0.15) is 11.6 Å². The van der Waals surface area contributed by atoms with E-state index in [1.807, 2.05) is 12.1 Å². The SMILES string of the molecule is Oc1ccc(-c2ncc[nH]2)cc1. The lowest BCUT2D eigenvalue weighted by Gasteiger charge is -1.95. The molecule has 12 heavy (non-hydrogen) atoms. The first-order chi connectivity index (χ1) is 5.86. The first-order valence-electron chi connectivity index (χ1n) is 3.65. The zero-order valence-electron chi connectivity index (χ0n) is 6.36. The number of nitrogens with one attached hydrogen (secondary N) is 1. The summed E-state index contributed by atoms with van der Waals surface area (Å²) in [6.07, 6.45) is 3.46. The van der Waals surface area contributed by atoms with Crippen LogP contribution in [0.3, 0.4) is 0 Å². The Kier molecular flexibility index (Phi) is 1.55. The molecule has 0 unspecified atom stereocenters. The predicted octanol–water partition coefficient (Wildman–Crippen LogP) is 1.78. The van der Waals surface area contributed by atoms with Gasteiger partial charge in [0, 0.05) is 18.0 Å². The topological polar surface area (TPSA) is 48.9 Å². The monoisotopic (exact) mass is 160 g/mol. The van der Waals surface area contributed by atoms with E-state index in [0.29, 0.717) is 0 Å². The molecule has 0 aliphatic heterocycles. The van der Waals surface area contributed by atoms with E-state index in [4.69, 9.17) is 5.11 Å². The lowest BCUT2D eigenvalue weighted by molar-refractivity contribution is 0.475. The first kappa shape index (κ1) is 6.91. The van der Waals surface area contributed by atoms with Gasteiger partial charge in [-0.2, -0.15) is 0 Å². The third-order valence-electron chi connectivity index (χ3n) is 1.64. The molecule has 0 radical (unpaired) electrons. The fourth-order valence-electron chi connectivity index (χ4n) is 1.04. The third kappa shape index (κ3) is 1.16. The van der Waals surface area contributed by atoms with E-state index in [-0.39, 0.29) is 5.75 Å². The van der Waals surface area contributed by atoms with E-state index in [0.717, 1.165) is 11.4 Å². The van der Waals surface area contributed by atoms with Gasteiger partial charge in [0.05, 0.1) is 0 Å². The summed E-state index contributed by atoms with van der Waals surface area (Å²) in [7, 11) is 0. The number of imidazole rings is 1. The summed E-state index contributed by atoms with van der Waals surface area (Å²) in [5.41, 5.74) is 0.970. The van der Waals surface area contributed by atoms with Crippen LogP contribution in [0.15, 0.2) is 36.7 Å². The molecule has 0 aliphatic carbocycles. The van der Waals surface area contributed by atoms with E-state index in [2.05, 4.69) is 9.97 Å². The number of phenolic OH excluding ortho intramolecular Hbond substituents is 1. The minimum Gasteiger partial charge on any atom is -0.508 e. The maximum Gasteiger partial charge on any atom is 0.137 e. The smallest absolute Gasteiger partial charge is 0.137 e. The van der Waals surface area contributed by atoms with Crippen molar-refractivity contribution in [3.63, 3.8) is 0 Å². The second-order valence-corrected chi connectivity index (χ2v) is 2.48. The van der Waals surface area contributed by atoms with Gasteiger partial charge in [-0.1, -0.05) is 0 Å². The zero-order valence-corrected chi connectivity index (χ0v) is 6.36. The molecule has 2 rings (SSSR count). The van der Waals surface area contributed by atoms with E-state index >= 15 is 0 Å². The van der Waals surface area contributed by atoms with Crippen LogP contribution in [-0.4, -0.2) is 15.1 Å². The maximum absolute atomic E-state index is 9.02. The largest absolute Gasteiger partial charge is 0.508 e. The van der Waals surface area contributed by atoms with Crippen molar-refractivity contribution in [1.82, 2.24) is 9.97 Å². The zero-order chi connectivity index (χ0) is 8.39. The van der Waals surface area contributed by atoms with Gasteiger partial charge in [-0.05, 0) is 24.3 Å². The minimum absolute atomic E-state index is 0.269. The Hall–Kier alpha value is -1.77. The van der Waals surface area contributed by atoms with Gasteiger partial charge in [0.25, 0.3) is 0 Å². The number of aromatic hydroxyl groups is 1. The molecule has 2 N–H and O–H groups in total. The molecule has 3 nitrogen and oxygen atoms in total. The number of phenols is 1. The summed E-state index contributed by atoms with van der Waals surface area (Å²) in [5.74, 6) is 1.08. The van der Waals surface area contributed by atoms with Crippen LogP contribution in [0.4, 0.5) is 0 Å². The van der Waals surface area contributed by atoms with Crippen molar-refractivity contribution >= 4 is 0 Å². The van der Waals surface area contributed by atoms with E-state index in [9.17, 15) is 0 Å². The second-order valence-electron chi connectivity index (χ2n) is 2.48. The van der Waals surface area contributed by atoms with Crippen LogP contribution in [0.1, 0.15) is 0 Å². The molecular weight excluding hydrogens is 152 g/mol. The summed E-state index contributed by atoms with van der Waals surface area (Å²) in [6.45, 7) is 0. The van der Waals surface area contributed by atoms with Gasteiger partial charge >= 0.3 is 0 Å². The lowest BCUT2D eigenvalue weighted by atomic mass is 10.2. The van der Waals surface area contributed by atoms with Crippen molar-refractivity contribution in [2.45, 2.75) is 0 Å². The van der Waals surface area contributed by atoms with Crippen LogP contribution in [0, 0.1) is 0 Å². The van der Waals surface area contributed by atoms with Gasteiger partial charge in [-0.15, -0.1) is 0 Å². The number of hydrogen-bond acceptors (Lipinski definition) is 2. The third-order valence-corrected chi connectivity index (χ3v) is 1.64. The number of aromatic amines is 1. The minimum atomic E-state index is 0.269. The summed E-state index contributed by atoms with van der Waals surface area (Å²) < 4.78 is 0. The van der Waals surface area contributed by atoms with Crippen molar-refractivity contribution in [3.8, 4) is 17.1 Å². The summed E-state index contributed by atoms with van der Waals surface area (Å²) in [5, 5.41) is 9.02. The molecule has 0 amide bonds. The van der Waals surface area contributed by atoms with Crippen molar-refractivity contribution in [2.75, 3.05) is 0 Å². The van der Waals surface area contributed by atoms with Gasteiger partial charge in [0.15, 0.2) is 0 Å². The maximum atomic E-state index is 9.02. The molecule has 0 spiro atoms. The van der Waals surface area contributed by atoms with Gasteiger partial charge in [0.2, 0.25) is 0 Å². The summed E-state index contributed by atoms with van der Waals surface area (Å²) in [4.78, 5) is 7.06. The molecule has 3 heteroatoms. The Bertz CT molecular complexity index is 351. The second kappa shape index (κ2) is 2.70. The van der Waals surface area contributed by atoms with Crippen molar-refractivity contribution in [3.05, 3.63) is 36.7 Å². The van der Waals surface area contributed by atoms with E-state index < -0.39 is 0 Å². The highest BCUT2D eigenvalue weighted by Gasteiger charge is 1.97. The highest BCUT2D eigenvalue weighted by atomic mass is 16.3. The van der Waals surface area contributed by atoms with Crippen molar-refractivity contribution in [1.29, 1.82) is 0 Å². The Labute approximate surface area is 69.7 Å². The molecule has 1 heterocycles. The van der Waals surface area contributed by atoms with Gasteiger partial charge in [-0.3, -0.25) is 0 Å². The average molecular weight is 160 g/mol. The molecule has 1 aromatic heterocycles. The Morgan fingerprint density at radius 3 is 2.50 bits per heavy atom. The molecule has 0 aliphatic rings. The van der Waals surface area contributed by atoms with Crippen LogP contribution >= 0.6 is 0 Å². The molecule has 1 aromatic carbocycles. The molecule has 0 saturated carbocycles. The Morgan fingerprint density at radius 2 is 1.92 bits per heavy atom. The highest BCUT2D eigenvalue weighted by Crippen LogP contribution is 2.17. The molecule has 0 saturated heterocycles. The molecule has 0 bridgehead atoms. The molecular formula is C9H8N2O.